The third-order valence-electron chi connectivity index (χ3n) is 3.64. The second kappa shape index (κ2) is 6.26. The van der Waals surface area contributed by atoms with Gasteiger partial charge in [0.15, 0.2) is 0 Å². The van der Waals surface area contributed by atoms with Crippen molar-refractivity contribution >= 4 is 5.65 Å². The topological polar surface area (TPSA) is 46.8 Å². The zero-order valence-electron chi connectivity index (χ0n) is 13.4. The van der Waals surface area contributed by atoms with Crippen LogP contribution in [0.2, 0.25) is 0 Å². The zero-order chi connectivity index (χ0) is 16.4. The van der Waals surface area contributed by atoms with Crippen molar-refractivity contribution in [2.24, 2.45) is 0 Å². The second-order valence-electron chi connectivity index (χ2n) is 5.77. The molecule has 3 aromatic rings. The summed E-state index contributed by atoms with van der Waals surface area (Å²) in [5.74, 6) is 0.793. The Hall–Kier alpha value is -2.59. The Labute approximate surface area is 135 Å². The van der Waals surface area contributed by atoms with Gasteiger partial charge in [-0.1, -0.05) is 6.58 Å². The van der Waals surface area contributed by atoms with Crippen molar-refractivity contribution in [2.75, 3.05) is 6.61 Å². The van der Waals surface area contributed by atoms with Crippen LogP contribution in [0.4, 0.5) is 0 Å². The lowest BCUT2D eigenvalue weighted by molar-refractivity contribution is 0.276. The fourth-order valence-corrected chi connectivity index (χ4v) is 2.50. The van der Waals surface area contributed by atoms with Crippen molar-refractivity contribution < 1.29 is 9.84 Å². The standard InChI is InChI=1S/C19H20N2O2/c1-13(2)12-23-16-6-4-15(5-7-16)19-17(11-22)21-9-8-14(3)10-18(21)20-19/h4-10,22H,1,11-12H2,2-3H3. The smallest absolute Gasteiger partial charge is 0.138 e. The summed E-state index contributed by atoms with van der Waals surface area (Å²) < 4.78 is 7.54. The van der Waals surface area contributed by atoms with E-state index in [1.807, 2.05) is 60.8 Å². The first-order valence-corrected chi connectivity index (χ1v) is 7.54. The van der Waals surface area contributed by atoms with Gasteiger partial charge in [0, 0.05) is 11.8 Å². The summed E-state index contributed by atoms with van der Waals surface area (Å²) in [7, 11) is 0. The Morgan fingerprint density at radius 3 is 2.65 bits per heavy atom. The van der Waals surface area contributed by atoms with Crippen LogP contribution in [0.1, 0.15) is 18.2 Å². The molecule has 0 saturated heterocycles. The Morgan fingerprint density at radius 1 is 1.26 bits per heavy atom. The highest BCUT2D eigenvalue weighted by molar-refractivity contribution is 5.67. The summed E-state index contributed by atoms with van der Waals surface area (Å²) in [6.45, 7) is 8.23. The first kappa shape index (κ1) is 15.3. The van der Waals surface area contributed by atoms with E-state index in [2.05, 4.69) is 11.6 Å². The molecular weight excluding hydrogens is 288 g/mol. The monoisotopic (exact) mass is 308 g/mol. The highest BCUT2D eigenvalue weighted by Gasteiger charge is 2.13. The van der Waals surface area contributed by atoms with E-state index in [1.165, 1.54) is 0 Å². The molecule has 0 aliphatic carbocycles. The average molecular weight is 308 g/mol. The molecule has 2 aromatic heterocycles. The number of benzene rings is 1. The van der Waals surface area contributed by atoms with Crippen LogP contribution in [0.15, 0.2) is 54.7 Å². The molecule has 0 saturated carbocycles. The molecule has 0 radical (unpaired) electrons. The van der Waals surface area contributed by atoms with Gasteiger partial charge in [0.2, 0.25) is 0 Å². The molecule has 4 nitrogen and oxygen atoms in total. The molecule has 0 atom stereocenters. The molecule has 0 amide bonds. The minimum absolute atomic E-state index is 0.0620. The molecule has 118 valence electrons. The van der Waals surface area contributed by atoms with Crippen LogP contribution in [-0.4, -0.2) is 21.1 Å². The Balaban J connectivity index is 1.97. The maximum absolute atomic E-state index is 9.74. The SMILES string of the molecule is C=C(C)COc1ccc(-c2nc3cc(C)ccn3c2CO)cc1. The highest BCUT2D eigenvalue weighted by Crippen LogP contribution is 2.27. The largest absolute Gasteiger partial charge is 0.489 e. The van der Waals surface area contributed by atoms with Crippen molar-refractivity contribution in [3.05, 3.63) is 66.0 Å². The fraction of sp³-hybridized carbons (Fsp3) is 0.211. The maximum atomic E-state index is 9.74. The zero-order valence-corrected chi connectivity index (χ0v) is 13.4. The van der Waals surface area contributed by atoms with E-state index < -0.39 is 0 Å². The first-order valence-electron chi connectivity index (χ1n) is 7.54. The van der Waals surface area contributed by atoms with E-state index in [0.29, 0.717) is 6.61 Å². The lowest BCUT2D eigenvalue weighted by Crippen LogP contribution is -1.97. The summed E-state index contributed by atoms with van der Waals surface area (Å²) >= 11 is 0. The molecule has 0 bridgehead atoms. The summed E-state index contributed by atoms with van der Waals surface area (Å²) in [6, 6.07) is 11.8. The number of imidazole rings is 1. The number of fused-ring (bicyclic) bond motifs is 1. The number of aliphatic hydroxyl groups excluding tert-OH is 1. The van der Waals surface area contributed by atoms with E-state index in [1.54, 1.807) is 0 Å². The number of rotatable bonds is 5. The molecule has 0 fully saturated rings. The molecule has 0 spiro atoms. The van der Waals surface area contributed by atoms with Gasteiger partial charge in [0.05, 0.1) is 18.0 Å². The van der Waals surface area contributed by atoms with E-state index in [4.69, 9.17) is 4.74 Å². The Morgan fingerprint density at radius 2 is 2.00 bits per heavy atom. The van der Waals surface area contributed by atoms with Crippen molar-refractivity contribution in [1.82, 2.24) is 9.38 Å². The molecule has 0 aliphatic rings. The summed E-state index contributed by atoms with van der Waals surface area (Å²) in [6.07, 6.45) is 1.94. The minimum atomic E-state index is -0.0620. The molecule has 4 heteroatoms. The van der Waals surface area contributed by atoms with Crippen LogP contribution in [0, 0.1) is 6.92 Å². The lowest BCUT2D eigenvalue weighted by atomic mass is 10.1. The van der Waals surface area contributed by atoms with Crippen LogP contribution in [-0.2, 0) is 6.61 Å². The van der Waals surface area contributed by atoms with Gasteiger partial charge in [-0.2, -0.15) is 0 Å². The van der Waals surface area contributed by atoms with E-state index in [9.17, 15) is 5.11 Å². The number of aromatic nitrogens is 2. The van der Waals surface area contributed by atoms with Crippen LogP contribution in [0.5, 0.6) is 5.75 Å². The number of hydrogen-bond donors (Lipinski definition) is 1. The average Bonchev–Trinajstić information content (AvgIpc) is 2.90. The lowest BCUT2D eigenvalue weighted by Gasteiger charge is -2.07. The van der Waals surface area contributed by atoms with Crippen LogP contribution >= 0.6 is 0 Å². The minimum Gasteiger partial charge on any atom is -0.489 e. The molecule has 1 N–H and O–H groups in total. The summed E-state index contributed by atoms with van der Waals surface area (Å²) in [5, 5.41) is 9.74. The third kappa shape index (κ3) is 3.12. The fourth-order valence-electron chi connectivity index (χ4n) is 2.50. The van der Waals surface area contributed by atoms with Crippen LogP contribution < -0.4 is 4.74 Å². The quantitative estimate of drug-likeness (QED) is 0.730. The summed E-state index contributed by atoms with van der Waals surface area (Å²) in [5.41, 5.74) is 5.50. The van der Waals surface area contributed by atoms with Gasteiger partial charge < -0.3 is 14.2 Å². The number of aryl methyl sites for hydroxylation is 1. The van der Waals surface area contributed by atoms with E-state index in [0.717, 1.165) is 39.5 Å². The molecule has 23 heavy (non-hydrogen) atoms. The number of hydrogen-bond acceptors (Lipinski definition) is 3. The van der Waals surface area contributed by atoms with Crippen molar-refractivity contribution in [1.29, 1.82) is 0 Å². The predicted octanol–water partition coefficient (Wildman–Crippen LogP) is 3.76. The maximum Gasteiger partial charge on any atom is 0.138 e. The number of nitrogens with zero attached hydrogens (tertiary/aromatic N) is 2. The Bertz CT molecular complexity index is 848. The third-order valence-corrected chi connectivity index (χ3v) is 3.64. The number of ether oxygens (including phenoxy) is 1. The summed E-state index contributed by atoms with van der Waals surface area (Å²) in [4.78, 5) is 4.67. The van der Waals surface area contributed by atoms with Crippen LogP contribution in [0.25, 0.3) is 16.9 Å². The Kier molecular flexibility index (Phi) is 4.17. The van der Waals surface area contributed by atoms with Gasteiger partial charge in [-0.05, 0) is 61.4 Å². The predicted molar refractivity (Wildman–Crippen MR) is 91.6 cm³/mol. The van der Waals surface area contributed by atoms with E-state index in [-0.39, 0.29) is 6.61 Å². The molecule has 2 heterocycles. The molecular formula is C19H20N2O2. The highest BCUT2D eigenvalue weighted by atomic mass is 16.5. The van der Waals surface area contributed by atoms with Gasteiger partial charge in [-0.15, -0.1) is 0 Å². The van der Waals surface area contributed by atoms with Gasteiger partial charge in [-0.3, -0.25) is 0 Å². The second-order valence-corrected chi connectivity index (χ2v) is 5.77. The van der Waals surface area contributed by atoms with Crippen molar-refractivity contribution in [2.45, 2.75) is 20.5 Å². The van der Waals surface area contributed by atoms with E-state index >= 15 is 0 Å². The van der Waals surface area contributed by atoms with Gasteiger partial charge >= 0.3 is 0 Å². The normalized spacial score (nSPS) is 10.9. The molecule has 0 aliphatic heterocycles. The number of aliphatic hydroxyl groups is 1. The molecule has 0 unspecified atom stereocenters. The van der Waals surface area contributed by atoms with Gasteiger partial charge in [0.25, 0.3) is 0 Å². The van der Waals surface area contributed by atoms with Gasteiger partial charge in [-0.25, -0.2) is 4.98 Å². The first-order chi connectivity index (χ1) is 11.1. The van der Waals surface area contributed by atoms with Crippen molar-refractivity contribution in [3.8, 4) is 17.0 Å². The molecule has 1 aromatic carbocycles. The van der Waals surface area contributed by atoms with Gasteiger partial charge in [0.1, 0.15) is 18.0 Å². The van der Waals surface area contributed by atoms with Crippen LogP contribution in [0.3, 0.4) is 0 Å². The van der Waals surface area contributed by atoms with Crippen molar-refractivity contribution in [3.63, 3.8) is 0 Å². The molecule has 3 rings (SSSR count). The number of pyridine rings is 1.